The first-order chi connectivity index (χ1) is 9.78. The highest BCUT2D eigenvalue weighted by Gasteiger charge is 2.31. The average Bonchev–Trinajstić information content (AvgIpc) is 2.53. The summed E-state index contributed by atoms with van der Waals surface area (Å²) < 4.78 is 0. The molecule has 1 fully saturated rings. The lowest BCUT2D eigenvalue weighted by atomic mass is 9.89. The van der Waals surface area contributed by atoms with Gasteiger partial charge in [-0.1, -0.05) is 19.4 Å². The van der Waals surface area contributed by atoms with Crippen LogP contribution in [0.2, 0.25) is 0 Å². The monoisotopic (exact) mass is 273 g/mol. The Kier molecular flexibility index (Phi) is 4.01. The molecule has 0 spiro atoms. The van der Waals surface area contributed by atoms with E-state index in [0.29, 0.717) is 5.92 Å². The van der Waals surface area contributed by atoms with Crippen LogP contribution in [0.1, 0.15) is 37.4 Å². The summed E-state index contributed by atoms with van der Waals surface area (Å²) in [4.78, 5) is 19.1. The molecule has 3 rings (SSSR count). The molecule has 0 aromatic carbocycles. The number of hydrogen-bond donors (Lipinski definition) is 1. The third-order valence-electron chi connectivity index (χ3n) is 4.66. The third kappa shape index (κ3) is 2.70. The minimum Gasteiger partial charge on any atom is -0.337 e. The van der Waals surface area contributed by atoms with Crippen LogP contribution >= 0.6 is 0 Å². The van der Waals surface area contributed by atoms with Gasteiger partial charge in [-0.05, 0) is 36.9 Å². The molecular formula is C16H23N3O. The Morgan fingerprint density at radius 1 is 1.55 bits per heavy atom. The molecule has 1 aromatic rings. The molecular weight excluding hydrogens is 250 g/mol. The van der Waals surface area contributed by atoms with Gasteiger partial charge in [-0.25, -0.2) is 0 Å². The van der Waals surface area contributed by atoms with Crippen molar-refractivity contribution in [2.45, 2.75) is 45.2 Å². The second-order valence-electron chi connectivity index (χ2n) is 5.92. The molecule has 2 aliphatic rings. The second-order valence-corrected chi connectivity index (χ2v) is 5.92. The molecule has 20 heavy (non-hydrogen) atoms. The van der Waals surface area contributed by atoms with E-state index in [1.54, 1.807) is 0 Å². The molecule has 4 nitrogen and oxygen atoms in total. The number of hydrogen-bond acceptors (Lipinski definition) is 3. The molecule has 2 aliphatic heterocycles. The predicted molar refractivity (Wildman–Crippen MR) is 78.2 cm³/mol. The average molecular weight is 273 g/mol. The number of carbonyl (C=O) groups excluding carboxylic acids is 1. The maximum atomic E-state index is 12.7. The summed E-state index contributed by atoms with van der Waals surface area (Å²) in [5, 5.41) is 3.40. The number of amides is 1. The number of piperidine rings is 1. The Morgan fingerprint density at radius 2 is 2.45 bits per heavy atom. The number of pyridine rings is 1. The van der Waals surface area contributed by atoms with E-state index in [-0.39, 0.29) is 11.9 Å². The van der Waals surface area contributed by atoms with Gasteiger partial charge in [-0.2, -0.15) is 0 Å². The van der Waals surface area contributed by atoms with E-state index in [2.05, 4.69) is 23.3 Å². The fourth-order valence-electron chi connectivity index (χ4n) is 3.33. The number of aromatic nitrogens is 1. The molecule has 0 bridgehead atoms. The topological polar surface area (TPSA) is 45.2 Å². The zero-order chi connectivity index (χ0) is 13.9. The molecule has 1 aromatic heterocycles. The summed E-state index contributed by atoms with van der Waals surface area (Å²) in [6.07, 6.45) is 6.09. The van der Waals surface area contributed by atoms with Gasteiger partial charge in [0, 0.05) is 31.4 Å². The van der Waals surface area contributed by atoms with Crippen molar-refractivity contribution in [3.8, 4) is 0 Å². The minimum absolute atomic E-state index is 0.0203. The summed E-state index contributed by atoms with van der Waals surface area (Å²) in [5.74, 6) is 0.974. The number of fused-ring (bicyclic) bond motifs is 1. The van der Waals surface area contributed by atoms with Gasteiger partial charge in [-0.3, -0.25) is 9.78 Å². The fraction of sp³-hybridized carbons (Fsp3) is 0.625. The summed E-state index contributed by atoms with van der Waals surface area (Å²) >= 11 is 0. The van der Waals surface area contributed by atoms with Gasteiger partial charge in [-0.15, -0.1) is 0 Å². The predicted octanol–water partition coefficient (Wildman–Crippen LogP) is 1.74. The largest absolute Gasteiger partial charge is 0.337 e. The zero-order valence-electron chi connectivity index (χ0n) is 12.1. The van der Waals surface area contributed by atoms with Crippen LogP contribution in [0, 0.1) is 5.92 Å². The van der Waals surface area contributed by atoms with Crippen LogP contribution in [-0.2, 0) is 17.8 Å². The maximum absolute atomic E-state index is 12.7. The Morgan fingerprint density at radius 3 is 3.30 bits per heavy atom. The standard InChI is InChI=1S/C16H23N3O/c1-2-12-5-8-18-15(10-12)16(20)19-9-6-14-13(11-19)4-3-7-17-14/h3-4,7,12,15,18H,2,5-6,8-11H2,1H3. The number of carbonyl (C=O) groups is 1. The quantitative estimate of drug-likeness (QED) is 0.893. The van der Waals surface area contributed by atoms with Crippen molar-refractivity contribution in [1.29, 1.82) is 0 Å². The van der Waals surface area contributed by atoms with E-state index in [4.69, 9.17) is 0 Å². The molecule has 1 saturated heterocycles. The van der Waals surface area contributed by atoms with E-state index in [0.717, 1.165) is 38.2 Å². The van der Waals surface area contributed by atoms with Gasteiger partial charge >= 0.3 is 0 Å². The molecule has 2 unspecified atom stereocenters. The lowest BCUT2D eigenvalue weighted by Crippen LogP contribution is -2.51. The normalized spacial score (nSPS) is 26.1. The molecule has 108 valence electrons. The van der Waals surface area contributed by atoms with Crippen molar-refractivity contribution in [3.05, 3.63) is 29.6 Å². The summed E-state index contributed by atoms with van der Waals surface area (Å²) in [6.45, 7) is 4.72. The van der Waals surface area contributed by atoms with Crippen molar-refractivity contribution in [2.24, 2.45) is 5.92 Å². The highest BCUT2D eigenvalue weighted by Crippen LogP contribution is 2.23. The Hall–Kier alpha value is -1.42. The summed E-state index contributed by atoms with van der Waals surface area (Å²) in [6, 6.07) is 4.07. The number of nitrogens with one attached hydrogen (secondary N) is 1. The number of nitrogens with zero attached hydrogens (tertiary/aromatic N) is 2. The van der Waals surface area contributed by atoms with Crippen molar-refractivity contribution in [3.63, 3.8) is 0 Å². The third-order valence-corrected chi connectivity index (χ3v) is 4.66. The molecule has 0 saturated carbocycles. The molecule has 0 aliphatic carbocycles. The smallest absolute Gasteiger partial charge is 0.240 e. The summed E-state index contributed by atoms with van der Waals surface area (Å²) in [7, 11) is 0. The van der Waals surface area contributed by atoms with Gasteiger partial charge in [0.05, 0.1) is 6.04 Å². The van der Waals surface area contributed by atoms with Gasteiger partial charge in [0.15, 0.2) is 0 Å². The fourth-order valence-corrected chi connectivity index (χ4v) is 3.33. The van der Waals surface area contributed by atoms with Gasteiger partial charge in [0.25, 0.3) is 0 Å². The molecule has 0 radical (unpaired) electrons. The zero-order valence-corrected chi connectivity index (χ0v) is 12.1. The van der Waals surface area contributed by atoms with Crippen LogP contribution in [0.15, 0.2) is 18.3 Å². The van der Waals surface area contributed by atoms with Crippen LogP contribution in [0.3, 0.4) is 0 Å². The highest BCUT2D eigenvalue weighted by atomic mass is 16.2. The van der Waals surface area contributed by atoms with Gasteiger partial charge < -0.3 is 10.2 Å². The van der Waals surface area contributed by atoms with Crippen molar-refractivity contribution < 1.29 is 4.79 Å². The highest BCUT2D eigenvalue weighted by molar-refractivity contribution is 5.82. The van der Waals surface area contributed by atoms with E-state index in [9.17, 15) is 4.79 Å². The first kappa shape index (κ1) is 13.6. The van der Waals surface area contributed by atoms with Gasteiger partial charge in [0.1, 0.15) is 0 Å². The van der Waals surface area contributed by atoms with Crippen LogP contribution in [0.25, 0.3) is 0 Å². The van der Waals surface area contributed by atoms with Crippen LogP contribution in [0.4, 0.5) is 0 Å². The number of rotatable bonds is 2. The molecule has 1 N–H and O–H groups in total. The lowest BCUT2D eigenvalue weighted by Gasteiger charge is -2.35. The van der Waals surface area contributed by atoms with E-state index in [1.165, 1.54) is 18.4 Å². The maximum Gasteiger partial charge on any atom is 0.240 e. The van der Waals surface area contributed by atoms with Crippen LogP contribution in [-0.4, -0.2) is 34.9 Å². The Balaban J connectivity index is 1.67. The van der Waals surface area contributed by atoms with Crippen LogP contribution < -0.4 is 5.32 Å². The molecule has 2 atom stereocenters. The van der Waals surface area contributed by atoms with Gasteiger partial charge in [0.2, 0.25) is 5.91 Å². The van der Waals surface area contributed by atoms with E-state index >= 15 is 0 Å². The Bertz CT molecular complexity index is 488. The van der Waals surface area contributed by atoms with Crippen molar-refractivity contribution in [2.75, 3.05) is 13.1 Å². The SMILES string of the molecule is CCC1CCNC(C(=O)N2CCc3ncccc3C2)C1. The first-order valence-electron chi connectivity index (χ1n) is 7.73. The molecule has 3 heterocycles. The molecule has 1 amide bonds. The van der Waals surface area contributed by atoms with E-state index < -0.39 is 0 Å². The van der Waals surface area contributed by atoms with Crippen molar-refractivity contribution >= 4 is 5.91 Å². The first-order valence-corrected chi connectivity index (χ1v) is 7.73. The summed E-state index contributed by atoms with van der Waals surface area (Å²) in [5.41, 5.74) is 2.36. The van der Waals surface area contributed by atoms with Crippen molar-refractivity contribution in [1.82, 2.24) is 15.2 Å². The Labute approximate surface area is 120 Å². The second kappa shape index (κ2) is 5.92. The molecule has 4 heteroatoms. The van der Waals surface area contributed by atoms with Crippen LogP contribution in [0.5, 0.6) is 0 Å². The minimum atomic E-state index is 0.0203. The lowest BCUT2D eigenvalue weighted by molar-refractivity contribution is -0.135. The van der Waals surface area contributed by atoms with E-state index in [1.807, 2.05) is 17.2 Å².